The highest BCUT2D eigenvalue weighted by atomic mass is 16.5. The van der Waals surface area contributed by atoms with Crippen LogP contribution in [0, 0.1) is 0 Å². The minimum absolute atomic E-state index is 0.324. The number of methoxy groups -OCH3 is 1. The Balaban J connectivity index is 0.000000296. The van der Waals surface area contributed by atoms with Gasteiger partial charge in [-0.15, -0.1) is 0 Å². The van der Waals surface area contributed by atoms with Crippen molar-refractivity contribution in [3.63, 3.8) is 0 Å². The number of nitrogens with two attached hydrogens (primary N) is 1. The summed E-state index contributed by atoms with van der Waals surface area (Å²) < 4.78 is 21.8. The standard InChI is InChI=1S/C25H25NO5.C9H11NO2/c1-2-29-24(25(27)28)17-18-11-13-19(14-12-18)30-16-15-26-20-7-3-5-9-22(20)31-23-10-6-4-8-21(23)26;1-12-9(11)8(10)7-5-3-2-4-6-7/h3-14,24H,2,15-17H2,1H3,(H,27,28);2-6,8H,10H2,1H3/t24-;/m0./s1. The first kappa shape index (κ1) is 31.1. The zero-order valence-electron chi connectivity index (χ0n) is 24.2. The second-order valence-corrected chi connectivity index (χ2v) is 9.58. The first-order valence-corrected chi connectivity index (χ1v) is 14.0. The molecule has 4 aromatic carbocycles. The number of esters is 1. The zero-order valence-corrected chi connectivity index (χ0v) is 24.2. The molecule has 3 N–H and O–H groups in total. The summed E-state index contributed by atoms with van der Waals surface area (Å²) in [7, 11) is 1.32. The topological polar surface area (TPSA) is 121 Å². The van der Waals surface area contributed by atoms with Crippen molar-refractivity contribution in [3.05, 3.63) is 114 Å². The van der Waals surface area contributed by atoms with Gasteiger partial charge >= 0.3 is 11.9 Å². The van der Waals surface area contributed by atoms with Crippen LogP contribution in [0.4, 0.5) is 11.4 Å². The zero-order chi connectivity index (χ0) is 30.6. The summed E-state index contributed by atoms with van der Waals surface area (Å²) in [5.74, 6) is 1.02. The molecule has 0 saturated carbocycles. The number of carbonyl (C=O) groups is 2. The molecule has 0 amide bonds. The minimum atomic E-state index is -0.951. The molecule has 0 saturated heterocycles. The predicted octanol–water partition coefficient (Wildman–Crippen LogP) is 5.90. The summed E-state index contributed by atoms with van der Waals surface area (Å²) in [6, 6.07) is 31.8. The number of anilines is 2. The van der Waals surface area contributed by atoms with Crippen LogP contribution in [-0.4, -0.2) is 50.0 Å². The molecule has 1 aliphatic rings. The molecule has 1 aliphatic heterocycles. The van der Waals surface area contributed by atoms with Crippen LogP contribution in [0.2, 0.25) is 0 Å². The number of benzene rings is 4. The van der Waals surface area contributed by atoms with E-state index >= 15 is 0 Å². The number of fused-ring (bicyclic) bond motifs is 2. The largest absolute Gasteiger partial charge is 0.492 e. The fourth-order valence-corrected chi connectivity index (χ4v) is 4.55. The van der Waals surface area contributed by atoms with Crippen LogP contribution in [0.3, 0.4) is 0 Å². The lowest BCUT2D eigenvalue weighted by atomic mass is 10.1. The summed E-state index contributed by atoms with van der Waals surface area (Å²) >= 11 is 0. The molecule has 0 spiro atoms. The lowest BCUT2D eigenvalue weighted by molar-refractivity contribution is -0.150. The number of ether oxygens (including phenoxy) is 4. The van der Waals surface area contributed by atoms with Crippen molar-refractivity contribution in [2.24, 2.45) is 5.73 Å². The van der Waals surface area contributed by atoms with Crippen molar-refractivity contribution in [2.45, 2.75) is 25.5 Å². The summed E-state index contributed by atoms with van der Waals surface area (Å²) in [5.41, 5.74) is 9.26. The number of carboxylic acids is 1. The average Bonchev–Trinajstić information content (AvgIpc) is 3.05. The van der Waals surface area contributed by atoms with Crippen LogP contribution < -0.4 is 20.1 Å². The van der Waals surface area contributed by atoms with Crippen molar-refractivity contribution in [1.82, 2.24) is 0 Å². The smallest absolute Gasteiger partial charge is 0.333 e. The number of carbonyl (C=O) groups excluding carboxylic acids is 1. The van der Waals surface area contributed by atoms with Gasteiger partial charge in [0.15, 0.2) is 17.6 Å². The van der Waals surface area contributed by atoms with E-state index < -0.39 is 24.1 Å². The van der Waals surface area contributed by atoms with Crippen molar-refractivity contribution in [1.29, 1.82) is 0 Å². The number of para-hydroxylation sites is 4. The number of carboxylic acid groups (broad SMARTS) is 1. The van der Waals surface area contributed by atoms with Gasteiger partial charge in [-0.1, -0.05) is 66.7 Å². The number of aliphatic carboxylic acids is 1. The molecule has 4 aromatic rings. The molecule has 0 bridgehead atoms. The summed E-state index contributed by atoms with van der Waals surface area (Å²) in [4.78, 5) is 24.4. The Kier molecular flexibility index (Phi) is 11.1. The van der Waals surface area contributed by atoms with Gasteiger partial charge in [-0.25, -0.2) is 4.79 Å². The number of hydrogen-bond donors (Lipinski definition) is 2. The Bertz CT molecular complexity index is 1430. The average molecular weight is 585 g/mol. The molecule has 0 aliphatic carbocycles. The number of rotatable bonds is 11. The lowest BCUT2D eigenvalue weighted by Gasteiger charge is -2.32. The summed E-state index contributed by atoms with van der Waals surface area (Å²) in [5, 5.41) is 9.24. The Hall–Kier alpha value is -4.86. The predicted molar refractivity (Wildman–Crippen MR) is 164 cm³/mol. The minimum Gasteiger partial charge on any atom is -0.492 e. The van der Waals surface area contributed by atoms with E-state index in [1.165, 1.54) is 7.11 Å². The molecular formula is C34H36N2O7. The third-order valence-electron chi connectivity index (χ3n) is 6.72. The molecular weight excluding hydrogens is 548 g/mol. The summed E-state index contributed by atoms with van der Waals surface area (Å²) in [6.45, 7) is 3.30. The Morgan fingerprint density at radius 2 is 1.44 bits per heavy atom. The highest BCUT2D eigenvalue weighted by Gasteiger charge is 2.23. The van der Waals surface area contributed by atoms with E-state index in [0.717, 1.165) is 39.8 Å². The highest BCUT2D eigenvalue weighted by molar-refractivity contribution is 5.78. The first-order valence-electron chi connectivity index (χ1n) is 14.0. The molecule has 0 fully saturated rings. The molecule has 9 nitrogen and oxygen atoms in total. The monoisotopic (exact) mass is 584 g/mol. The Labute approximate surface area is 251 Å². The maximum atomic E-state index is 11.3. The fraction of sp³-hybridized carbons (Fsp3) is 0.235. The van der Waals surface area contributed by atoms with Crippen molar-refractivity contribution < 1.29 is 33.6 Å². The molecule has 2 atom stereocenters. The maximum Gasteiger partial charge on any atom is 0.333 e. The Morgan fingerprint density at radius 1 is 0.860 bits per heavy atom. The van der Waals surface area contributed by atoms with E-state index in [9.17, 15) is 14.7 Å². The van der Waals surface area contributed by atoms with Gasteiger partial charge in [0.25, 0.3) is 0 Å². The van der Waals surface area contributed by atoms with E-state index in [4.69, 9.17) is 19.9 Å². The van der Waals surface area contributed by atoms with Crippen LogP contribution in [0.5, 0.6) is 17.2 Å². The molecule has 1 heterocycles. The van der Waals surface area contributed by atoms with Gasteiger partial charge in [-0.05, 0) is 54.4 Å². The van der Waals surface area contributed by atoms with Gasteiger partial charge in [0.05, 0.1) is 25.0 Å². The SMILES string of the molecule is CCO[C@@H](Cc1ccc(OCCN2c3ccccc3Oc3ccccc32)cc1)C(=O)O.COC(=O)C(N)c1ccccc1. The summed E-state index contributed by atoms with van der Waals surface area (Å²) in [6.07, 6.45) is -0.511. The third-order valence-corrected chi connectivity index (χ3v) is 6.72. The number of hydrogen-bond acceptors (Lipinski definition) is 8. The van der Waals surface area contributed by atoms with E-state index in [1.807, 2.05) is 91.0 Å². The molecule has 0 radical (unpaired) electrons. The van der Waals surface area contributed by atoms with Crippen molar-refractivity contribution >= 4 is 23.3 Å². The number of nitrogens with zero attached hydrogens (tertiary/aromatic N) is 1. The first-order chi connectivity index (χ1) is 20.9. The second kappa shape index (κ2) is 15.4. The van der Waals surface area contributed by atoms with Crippen LogP contribution in [-0.2, 0) is 25.5 Å². The van der Waals surface area contributed by atoms with E-state index in [-0.39, 0.29) is 0 Å². The van der Waals surface area contributed by atoms with E-state index in [1.54, 1.807) is 19.1 Å². The third kappa shape index (κ3) is 8.34. The Morgan fingerprint density at radius 3 is 2.00 bits per heavy atom. The maximum absolute atomic E-state index is 11.3. The van der Waals surface area contributed by atoms with Crippen LogP contribution in [0.1, 0.15) is 24.1 Å². The quantitative estimate of drug-likeness (QED) is 0.208. The van der Waals surface area contributed by atoms with Gasteiger partial charge in [-0.2, -0.15) is 0 Å². The highest BCUT2D eigenvalue weighted by Crippen LogP contribution is 2.45. The molecule has 1 unspecified atom stereocenters. The van der Waals surface area contributed by atoms with Crippen LogP contribution in [0.15, 0.2) is 103 Å². The van der Waals surface area contributed by atoms with E-state index in [2.05, 4.69) is 9.64 Å². The molecule has 224 valence electrons. The van der Waals surface area contributed by atoms with Gasteiger partial charge in [-0.3, -0.25) is 4.79 Å². The van der Waals surface area contributed by atoms with Crippen LogP contribution in [0.25, 0.3) is 0 Å². The second-order valence-electron chi connectivity index (χ2n) is 9.58. The van der Waals surface area contributed by atoms with Crippen molar-refractivity contribution in [3.8, 4) is 17.2 Å². The van der Waals surface area contributed by atoms with Crippen LogP contribution >= 0.6 is 0 Å². The van der Waals surface area contributed by atoms with Crippen molar-refractivity contribution in [2.75, 3.05) is 31.8 Å². The molecule has 0 aromatic heterocycles. The van der Waals surface area contributed by atoms with Gasteiger partial charge < -0.3 is 34.7 Å². The van der Waals surface area contributed by atoms with E-state index in [0.29, 0.717) is 26.2 Å². The molecule has 9 heteroatoms. The van der Waals surface area contributed by atoms with Gasteiger partial charge in [0.2, 0.25) is 0 Å². The normalized spacial score (nSPS) is 12.8. The van der Waals surface area contributed by atoms with Gasteiger partial charge in [0, 0.05) is 13.0 Å². The molecule has 5 rings (SSSR count). The molecule has 43 heavy (non-hydrogen) atoms. The lowest BCUT2D eigenvalue weighted by Crippen LogP contribution is -2.26. The van der Waals surface area contributed by atoms with Gasteiger partial charge in [0.1, 0.15) is 18.4 Å². The fourth-order valence-electron chi connectivity index (χ4n) is 4.55.